The molecule has 0 spiro atoms. The Morgan fingerprint density at radius 2 is 1.15 bits per heavy atom. The van der Waals surface area contributed by atoms with Crippen LogP contribution in [0.3, 0.4) is 0 Å². The van der Waals surface area contributed by atoms with E-state index in [1.807, 2.05) is 109 Å². The number of esters is 1. The molecular weight excluding hydrogens is 761 g/mol. The first-order valence-corrected chi connectivity index (χ1v) is 20.4. The number of nitrogens with one attached hydrogen (secondary N) is 2. The van der Waals surface area contributed by atoms with Crippen LogP contribution in [0.4, 0.5) is 4.79 Å². The number of carbonyl (C=O) groups excluding carboxylic acids is 3. The van der Waals surface area contributed by atoms with Gasteiger partial charge in [0.25, 0.3) is 0 Å². The standard InChI is InChI=1S/C52H46N4O5/c1-2-31-60-50(58)48(32-37-19-7-3-8-20-37)54-49(57)47(55-51(59)61-35-46-44-29-17-15-27-42(44)43-28-16-18-30-45(43)46)33-41-34-53-36-56(41)52(38-21-9-4-10-22-38,39-23-11-5-12-24-39)40-25-13-6-14-26-40/h2-30,34,36,46-48H,1,31-33,35H2,(H,54,57)(H,55,59)/t47-,48-/m0/s1. The van der Waals surface area contributed by atoms with E-state index in [-0.39, 0.29) is 32.0 Å². The Labute approximate surface area is 355 Å². The highest BCUT2D eigenvalue weighted by atomic mass is 16.5. The van der Waals surface area contributed by atoms with Gasteiger partial charge < -0.3 is 24.7 Å². The van der Waals surface area contributed by atoms with E-state index in [4.69, 9.17) is 9.47 Å². The van der Waals surface area contributed by atoms with Gasteiger partial charge in [-0.05, 0) is 44.5 Å². The normalized spacial score (nSPS) is 12.9. The molecule has 9 nitrogen and oxygen atoms in total. The minimum atomic E-state index is -1.21. The maximum atomic E-state index is 14.7. The number of alkyl carbamates (subject to hydrolysis) is 1. The summed E-state index contributed by atoms with van der Waals surface area (Å²) in [6.45, 7) is 3.69. The fraction of sp³-hybridized carbons (Fsp3) is 0.154. The summed E-state index contributed by atoms with van der Waals surface area (Å²) in [7, 11) is 0. The largest absolute Gasteiger partial charge is 0.460 e. The van der Waals surface area contributed by atoms with Crippen molar-refractivity contribution < 1.29 is 23.9 Å². The van der Waals surface area contributed by atoms with Crippen molar-refractivity contribution >= 4 is 18.0 Å². The lowest BCUT2D eigenvalue weighted by Gasteiger charge is -2.39. The smallest absolute Gasteiger partial charge is 0.407 e. The van der Waals surface area contributed by atoms with E-state index in [1.165, 1.54) is 6.08 Å². The Hall–Kier alpha value is -7.52. The summed E-state index contributed by atoms with van der Waals surface area (Å²) in [5.74, 6) is -1.41. The zero-order valence-electron chi connectivity index (χ0n) is 33.6. The molecule has 1 aliphatic carbocycles. The van der Waals surface area contributed by atoms with Crippen molar-refractivity contribution in [3.05, 3.63) is 234 Å². The highest BCUT2D eigenvalue weighted by Gasteiger charge is 2.41. The second-order valence-electron chi connectivity index (χ2n) is 15.0. The first-order chi connectivity index (χ1) is 30.0. The molecule has 6 aromatic carbocycles. The molecule has 0 unspecified atom stereocenters. The number of amides is 2. The monoisotopic (exact) mass is 806 g/mol. The van der Waals surface area contributed by atoms with Crippen molar-refractivity contribution in [3.63, 3.8) is 0 Å². The lowest BCUT2D eigenvalue weighted by molar-refractivity contribution is -0.146. The van der Waals surface area contributed by atoms with Crippen LogP contribution in [0, 0.1) is 0 Å². The van der Waals surface area contributed by atoms with Crippen LogP contribution >= 0.6 is 0 Å². The third kappa shape index (κ3) is 8.49. The van der Waals surface area contributed by atoms with Crippen molar-refractivity contribution in [1.29, 1.82) is 0 Å². The van der Waals surface area contributed by atoms with Crippen molar-refractivity contribution in [1.82, 2.24) is 20.2 Å². The van der Waals surface area contributed by atoms with Crippen LogP contribution in [0.1, 0.15) is 45.0 Å². The predicted octanol–water partition coefficient (Wildman–Crippen LogP) is 8.63. The SMILES string of the molecule is C=CCOC(=O)[C@H](Cc1ccccc1)NC(=O)[C@H](Cc1cncn1C(c1ccccc1)(c1ccccc1)c1ccccc1)NC(=O)OCC1c2ccccc2-c2ccccc21. The lowest BCUT2D eigenvalue weighted by Crippen LogP contribution is -2.54. The van der Waals surface area contributed by atoms with Crippen molar-refractivity contribution in [3.8, 4) is 11.1 Å². The molecule has 2 atom stereocenters. The highest BCUT2D eigenvalue weighted by molar-refractivity contribution is 5.90. The van der Waals surface area contributed by atoms with Gasteiger partial charge in [0.1, 0.15) is 30.8 Å². The second kappa shape index (κ2) is 18.6. The summed E-state index contributed by atoms with van der Waals surface area (Å²) >= 11 is 0. The number of nitrogens with zero attached hydrogens (tertiary/aromatic N) is 2. The van der Waals surface area contributed by atoms with Crippen LogP contribution in [0.5, 0.6) is 0 Å². The van der Waals surface area contributed by atoms with E-state index in [0.29, 0.717) is 5.69 Å². The summed E-state index contributed by atoms with van der Waals surface area (Å²) in [6.07, 6.45) is 4.32. The summed E-state index contributed by atoms with van der Waals surface area (Å²) in [5, 5.41) is 5.81. The topological polar surface area (TPSA) is 112 Å². The van der Waals surface area contributed by atoms with E-state index in [0.717, 1.165) is 44.5 Å². The molecule has 1 aromatic heterocycles. The van der Waals surface area contributed by atoms with E-state index >= 15 is 0 Å². The summed E-state index contributed by atoms with van der Waals surface area (Å²) in [5.41, 5.74) is 7.75. The van der Waals surface area contributed by atoms with Gasteiger partial charge in [-0.15, -0.1) is 0 Å². The fourth-order valence-electron chi connectivity index (χ4n) is 8.49. The molecule has 2 amide bonds. The van der Waals surface area contributed by atoms with Crippen molar-refractivity contribution in [2.45, 2.75) is 36.4 Å². The van der Waals surface area contributed by atoms with E-state index in [9.17, 15) is 14.4 Å². The van der Waals surface area contributed by atoms with Gasteiger partial charge in [0.2, 0.25) is 5.91 Å². The number of benzene rings is 6. The Morgan fingerprint density at radius 1 is 0.639 bits per heavy atom. The third-order valence-corrected chi connectivity index (χ3v) is 11.2. The Balaban J connectivity index is 1.16. The molecule has 0 fully saturated rings. The van der Waals surface area contributed by atoms with Crippen LogP contribution in [0.25, 0.3) is 11.1 Å². The molecule has 1 aliphatic rings. The summed E-state index contributed by atoms with van der Waals surface area (Å²) < 4.78 is 13.5. The minimum absolute atomic E-state index is 0.00988. The lowest BCUT2D eigenvalue weighted by atomic mass is 9.76. The first-order valence-electron chi connectivity index (χ1n) is 20.4. The number of rotatable bonds is 16. The van der Waals surface area contributed by atoms with Gasteiger partial charge in [0.15, 0.2) is 0 Å². The number of ether oxygens (including phenoxy) is 2. The molecule has 0 radical (unpaired) electrons. The number of aromatic nitrogens is 2. The molecule has 0 aliphatic heterocycles. The average Bonchev–Trinajstić information content (AvgIpc) is 3.91. The molecule has 7 aromatic rings. The van der Waals surface area contributed by atoms with Crippen LogP contribution in [0.15, 0.2) is 195 Å². The van der Waals surface area contributed by atoms with Crippen molar-refractivity contribution in [2.24, 2.45) is 0 Å². The molecule has 0 bridgehead atoms. The molecule has 61 heavy (non-hydrogen) atoms. The number of hydrogen-bond acceptors (Lipinski definition) is 6. The fourth-order valence-corrected chi connectivity index (χ4v) is 8.49. The predicted molar refractivity (Wildman–Crippen MR) is 236 cm³/mol. The number of carbonyl (C=O) groups is 3. The first kappa shape index (κ1) is 40.3. The zero-order valence-corrected chi connectivity index (χ0v) is 33.6. The van der Waals surface area contributed by atoms with Gasteiger partial charge >= 0.3 is 12.1 Å². The van der Waals surface area contributed by atoms with Gasteiger partial charge in [0, 0.05) is 30.7 Å². The van der Waals surface area contributed by atoms with E-state index < -0.39 is 35.6 Å². The maximum absolute atomic E-state index is 14.7. The van der Waals surface area contributed by atoms with E-state index in [1.54, 1.807) is 12.5 Å². The molecule has 304 valence electrons. The van der Waals surface area contributed by atoms with Gasteiger partial charge in [-0.2, -0.15) is 0 Å². The Bertz CT molecular complexity index is 2450. The molecule has 9 heteroatoms. The summed E-state index contributed by atoms with van der Waals surface area (Å²) in [4.78, 5) is 46.9. The molecule has 2 N–H and O–H groups in total. The van der Waals surface area contributed by atoms with Crippen molar-refractivity contribution in [2.75, 3.05) is 13.2 Å². The number of fused-ring (bicyclic) bond motifs is 3. The molecular formula is C52H46N4O5. The van der Waals surface area contributed by atoms with Gasteiger partial charge in [-0.25, -0.2) is 14.6 Å². The number of hydrogen-bond donors (Lipinski definition) is 2. The molecule has 0 saturated heterocycles. The van der Waals surface area contributed by atoms with Crippen LogP contribution in [-0.4, -0.2) is 52.8 Å². The quantitative estimate of drug-likeness (QED) is 0.0575. The van der Waals surface area contributed by atoms with Gasteiger partial charge in [-0.1, -0.05) is 183 Å². The molecule has 1 heterocycles. The van der Waals surface area contributed by atoms with Gasteiger partial charge in [-0.3, -0.25) is 4.79 Å². The number of imidazole rings is 1. The van der Waals surface area contributed by atoms with E-state index in [2.05, 4.69) is 87.4 Å². The summed E-state index contributed by atoms with van der Waals surface area (Å²) in [6, 6.07) is 53.7. The van der Waals surface area contributed by atoms with Crippen LogP contribution in [0.2, 0.25) is 0 Å². The zero-order chi connectivity index (χ0) is 42.0. The average molecular weight is 807 g/mol. The minimum Gasteiger partial charge on any atom is -0.460 e. The van der Waals surface area contributed by atoms with Gasteiger partial charge in [0.05, 0.1) is 6.33 Å². The molecule has 0 saturated carbocycles. The molecule has 8 rings (SSSR count). The highest BCUT2D eigenvalue weighted by Crippen LogP contribution is 2.45. The maximum Gasteiger partial charge on any atom is 0.407 e. The van der Waals surface area contributed by atoms with Crippen LogP contribution < -0.4 is 10.6 Å². The second-order valence-corrected chi connectivity index (χ2v) is 15.0. The third-order valence-electron chi connectivity index (χ3n) is 11.2. The van der Waals surface area contributed by atoms with Crippen LogP contribution in [-0.2, 0) is 37.4 Å². The Morgan fingerprint density at radius 3 is 1.69 bits per heavy atom. The Kier molecular flexibility index (Phi) is 12.3.